The van der Waals surface area contributed by atoms with Crippen molar-refractivity contribution in [3.63, 3.8) is 0 Å². The summed E-state index contributed by atoms with van der Waals surface area (Å²) in [4.78, 5) is 21.5. The molecule has 1 atom stereocenters. The number of halogens is 1. The first kappa shape index (κ1) is 21.9. The van der Waals surface area contributed by atoms with Gasteiger partial charge < -0.3 is 15.1 Å². The van der Waals surface area contributed by atoms with Gasteiger partial charge in [-0.2, -0.15) is 0 Å². The van der Waals surface area contributed by atoms with Gasteiger partial charge in [0.25, 0.3) is 0 Å². The maximum Gasteiger partial charge on any atom is 0.244 e. The summed E-state index contributed by atoms with van der Waals surface area (Å²) in [6.45, 7) is 5.74. The van der Waals surface area contributed by atoms with Crippen LogP contribution in [0.5, 0.6) is 0 Å². The van der Waals surface area contributed by atoms with Crippen molar-refractivity contribution in [2.45, 2.75) is 13.0 Å². The van der Waals surface area contributed by atoms with Gasteiger partial charge in [-0.3, -0.25) is 4.79 Å². The second-order valence-corrected chi connectivity index (χ2v) is 8.31. The molecule has 1 aliphatic rings. The molecular formula is C26H27ClN4O. The maximum absolute atomic E-state index is 12.4. The number of carbonyl (C=O) groups excluding carboxylic acids is 1. The van der Waals surface area contributed by atoms with Crippen LogP contribution in [0.15, 0.2) is 79.0 Å². The average molecular weight is 447 g/mol. The third-order valence-corrected chi connectivity index (χ3v) is 5.86. The summed E-state index contributed by atoms with van der Waals surface area (Å²) >= 11 is 6.00. The Kier molecular flexibility index (Phi) is 7.07. The van der Waals surface area contributed by atoms with Gasteiger partial charge in [0.1, 0.15) is 5.82 Å². The number of pyridine rings is 1. The van der Waals surface area contributed by atoms with E-state index in [4.69, 9.17) is 11.6 Å². The zero-order valence-electron chi connectivity index (χ0n) is 18.1. The topological polar surface area (TPSA) is 48.5 Å². The van der Waals surface area contributed by atoms with Gasteiger partial charge in [0.2, 0.25) is 5.91 Å². The number of hydrogen-bond donors (Lipinski definition) is 1. The lowest BCUT2D eigenvalue weighted by atomic mass is 10.1. The van der Waals surface area contributed by atoms with Gasteiger partial charge in [-0.05, 0) is 60.5 Å². The zero-order valence-corrected chi connectivity index (χ0v) is 18.9. The largest absolute Gasteiger partial charge is 0.368 e. The summed E-state index contributed by atoms with van der Waals surface area (Å²) in [5.41, 5.74) is 3.16. The molecule has 2 heterocycles. The van der Waals surface area contributed by atoms with Crippen LogP contribution in [0.3, 0.4) is 0 Å². The summed E-state index contributed by atoms with van der Waals surface area (Å²) in [7, 11) is 0. The molecular weight excluding hydrogens is 420 g/mol. The van der Waals surface area contributed by atoms with E-state index in [1.54, 1.807) is 12.2 Å². The van der Waals surface area contributed by atoms with Crippen molar-refractivity contribution in [3.8, 4) is 0 Å². The summed E-state index contributed by atoms with van der Waals surface area (Å²) in [5, 5.41) is 3.70. The average Bonchev–Trinajstić information content (AvgIpc) is 2.83. The molecule has 6 heteroatoms. The minimum atomic E-state index is -0.133. The van der Waals surface area contributed by atoms with E-state index in [-0.39, 0.29) is 11.9 Å². The van der Waals surface area contributed by atoms with Crippen LogP contribution in [0.4, 0.5) is 11.5 Å². The number of benzene rings is 2. The van der Waals surface area contributed by atoms with Gasteiger partial charge in [0.15, 0.2) is 0 Å². The molecule has 1 aliphatic heterocycles. The second-order valence-electron chi connectivity index (χ2n) is 7.88. The molecule has 0 aliphatic carbocycles. The van der Waals surface area contributed by atoms with Crippen LogP contribution in [0.2, 0.25) is 5.02 Å². The second kappa shape index (κ2) is 10.3. The van der Waals surface area contributed by atoms with E-state index in [9.17, 15) is 4.79 Å². The van der Waals surface area contributed by atoms with Gasteiger partial charge in [0, 0.05) is 49.2 Å². The number of rotatable bonds is 6. The van der Waals surface area contributed by atoms with Gasteiger partial charge in [-0.25, -0.2) is 4.98 Å². The number of aromatic nitrogens is 1. The summed E-state index contributed by atoms with van der Waals surface area (Å²) in [6.07, 6.45) is 5.15. The van der Waals surface area contributed by atoms with Crippen LogP contribution < -0.4 is 15.1 Å². The van der Waals surface area contributed by atoms with Gasteiger partial charge in [-0.15, -0.1) is 0 Å². The minimum absolute atomic E-state index is 0.0960. The SMILES string of the molecule is CC(NC(=O)/C=C/c1cccc(Cl)c1)c1cccc(N2CCN(c3ccccn3)CC2)c1. The maximum atomic E-state index is 12.4. The zero-order chi connectivity index (χ0) is 22.3. The van der Waals surface area contributed by atoms with Gasteiger partial charge in [0.05, 0.1) is 6.04 Å². The number of nitrogens with one attached hydrogen (secondary N) is 1. The third kappa shape index (κ3) is 5.68. The van der Waals surface area contributed by atoms with Crippen molar-refractivity contribution in [1.82, 2.24) is 10.3 Å². The lowest BCUT2D eigenvalue weighted by Crippen LogP contribution is -2.46. The minimum Gasteiger partial charge on any atom is -0.368 e. The molecule has 0 saturated carbocycles. The highest BCUT2D eigenvalue weighted by Crippen LogP contribution is 2.23. The van der Waals surface area contributed by atoms with E-state index >= 15 is 0 Å². The van der Waals surface area contributed by atoms with Crippen molar-refractivity contribution < 1.29 is 4.79 Å². The molecule has 4 rings (SSSR count). The van der Waals surface area contributed by atoms with Gasteiger partial charge >= 0.3 is 0 Å². The Morgan fingerprint density at radius 2 is 1.78 bits per heavy atom. The lowest BCUT2D eigenvalue weighted by molar-refractivity contribution is -0.117. The van der Waals surface area contributed by atoms with Crippen molar-refractivity contribution in [3.05, 3.63) is 95.2 Å². The Balaban J connectivity index is 1.34. The molecule has 1 fully saturated rings. The third-order valence-electron chi connectivity index (χ3n) is 5.62. The highest BCUT2D eigenvalue weighted by molar-refractivity contribution is 6.30. The molecule has 1 saturated heterocycles. The fraction of sp³-hybridized carbons (Fsp3) is 0.231. The van der Waals surface area contributed by atoms with Crippen molar-refractivity contribution in [2.24, 2.45) is 0 Å². The van der Waals surface area contributed by atoms with E-state index in [2.05, 4.69) is 50.4 Å². The molecule has 164 valence electrons. The van der Waals surface area contributed by atoms with Crippen LogP contribution in [0.25, 0.3) is 6.08 Å². The highest BCUT2D eigenvalue weighted by Gasteiger charge is 2.19. The summed E-state index contributed by atoms with van der Waals surface area (Å²) < 4.78 is 0. The molecule has 32 heavy (non-hydrogen) atoms. The molecule has 1 N–H and O–H groups in total. The first-order valence-electron chi connectivity index (χ1n) is 10.8. The highest BCUT2D eigenvalue weighted by atomic mass is 35.5. The van der Waals surface area contributed by atoms with E-state index in [1.807, 2.05) is 49.5 Å². The summed E-state index contributed by atoms with van der Waals surface area (Å²) in [6, 6.07) is 21.8. The molecule has 1 aromatic heterocycles. The first-order valence-corrected chi connectivity index (χ1v) is 11.2. The number of carbonyl (C=O) groups is 1. The Morgan fingerprint density at radius 3 is 2.53 bits per heavy atom. The monoisotopic (exact) mass is 446 g/mol. The van der Waals surface area contributed by atoms with E-state index in [1.165, 1.54) is 5.69 Å². The van der Waals surface area contributed by atoms with Crippen LogP contribution >= 0.6 is 11.6 Å². The number of amides is 1. The van der Waals surface area contributed by atoms with Gasteiger partial charge in [-0.1, -0.05) is 41.9 Å². The Hall–Kier alpha value is -3.31. The molecule has 3 aromatic rings. The molecule has 2 aromatic carbocycles. The quantitative estimate of drug-likeness (QED) is 0.544. The lowest BCUT2D eigenvalue weighted by Gasteiger charge is -2.37. The van der Waals surface area contributed by atoms with E-state index in [0.717, 1.165) is 43.1 Å². The molecule has 0 radical (unpaired) electrons. The fourth-order valence-electron chi connectivity index (χ4n) is 3.85. The van der Waals surface area contributed by atoms with Crippen molar-refractivity contribution in [2.75, 3.05) is 36.0 Å². The van der Waals surface area contributed by atoms with Crippen LogP contribution in [0.1, 0.15) is 24.1 Å². The number of piperazine rings is 1. The standard InChI is InChI=1S/C26H27ClN4O/c1-20(29-26(32)12-11-21-6-4-8-23(27)18-21)22-7-5-9-24(19-22)30-14-16-31(17-15-30)25-10-2-3-13-28-25/h2-13,18-20H,14-17H2,1H3,(H,29,32)/b12-11+. The Bertz CT molecular complexity index is 1080. The molecule has 5 nitrogen and oxygen atoms in total. The first-order chi connectivity index (χ1) is 15.6. The molecule has 1 unspecified atom stereocenters. The molecule has 0 spiro atoms. The molecule has 0 bridgehead atoms. The Morgan fingerprint density at radius 1 is 1.00 bits per heavy atom. The molecule has 1 amide bonds. The number of hydrogen-bond acceptors (Lipinski definition) is 4. The van der Waals surface area contributed by atoms with Crippen molar-refractivity contribution >= 4 is 35.1 Å². The predicted molar refractivity (Wildman–Crippen MR) is 132 cm³/mol. The predicted octanol–water partition coefficient (Wildman–Crippen LogP) is 4.95. The number of anilines is 2. The van der Waals surface area contributed by atoms with Crippen LogP contribution in [-0.2, 0) is 4.79 Å². The Labute approximate surface area is 194 Å². The normalized spacial score (nSPS) is 15.1. The smallest absolute Gasteiger partial charge is 0.244 e. The fourth-order valence-corrected chi connectivity index (χ4v) is 4.05. The summed E-state index contributed by atoms with van der Waals surface area (Å²) in [5.74, 6) is 0.898. The van der Waals surface area contributed by atoms with E-state index < -0.39 is 0 Å². The van der Waals surface area contributed by atoms with E-state index in [0.29, 0.717) is 5.02 Å². The number of nitrogens with zero attached hydrogens (tertiary/aromatic N) is 3. The van der Waals surface area contributed by atoms with Crippen molar-refractivity contribution in [1.29, 1.82) is 0 Å². The van der Waals surface area contributed by atoms with Crippen LogP contribution in [-0.4, -0.2) is 37.1 Å². The van der Waals surface area contributed by atoms with Crippen LogP contribution in [0, 0.1) is 0 Å².